The molecule has 0 aliphatic carbocycles. The molecule has 2 aliphatic rings. The average Bonchev–Trinajstić information content (AvgIpc) is 2.87. The van der Waals surface area contributed by atoms with Crippen molar-refractivity contribution in [3.8, 4) is 11.5 Å². The van der Waals surface area contributed by atoms with Crippen molar-refractivity contribution in [2.24, 2.45) is 0 Å². The lowest BCUT2D eigenvalue weighted by Gasteiger charge is -2.40. The molecule has 2 amide bonds. The summed E-state index contributed by atoms with van der Waals surface area (Å²) in [7, 11) is 1.58. The highest BCUT2D eigenvalue weighted by Gasteiger charge is 2.36. The summed E-state index contributed by atoms with van der Waals surface area (Å²) in [5.74, 6) is 0.976. The minimum Gasteiger partial charge on any atom is -0.489 e. The number of nitrogens with zero attached hydrogens (tertiary/aromatic N) is 2. The normalized spacial score (nSPS) is 18.9. The molecule has 0 radical (unpaired) electrons. The molecular weight excluding hydrogens is 418 g/mol. The molecule has 0 fully saturated rings. The van der Waals surface area contributed by atoms with Gasteiger partial charge in [-0.1, -0.05) is 54.6 Å². The lowest BCUT2D eigenvalue weighted by Crippen LogP contribution is -2.52. The van der Waals surface area contributed by atoms with Crippen LogP contribution in [-0.4, -0.2) is 44.7 Å². The van der Waals surface area contributed by atoms with Gasteiger partial charge in [-0.25, -0.2) is 0 Å². The first-order chi connectivity index (χ1) is 16.2. The van der Waals surface area contributed by atoms with E-state index in [2.05, 4.69) is 5.32 Å². The second-order valence-electron chi connectivity index (χ2n) is 8.04. The molecule has 2 aliphatic heterocycles. The van der Waals surface area contributed by atoms with Crippen molar-refractivity contribution in [1.29, 1.82) is 0 Å². The minimum atomic E-state index is -0.695. The van der Waals surface area contributed by atoms with E-state index in [1.54, 1.807) is 7.05 Å². The number of ether oxygens (including phenoxy) is 2. The van der Waals surface area contributed by atoms with Gasteiger partial charge < -0.3 is 19.7 Å². The fraction of sp³-hybridized carbons (Fsp3) is 0.231. The molecule has 1 N–H and O–H groups in total. The molecule has 0 unspecified atom stereocenters. The van der Waals surface area contributed by atoms with Gasteiger partial charge in [-0.3, -0.25) is 14.5 Å². The first kappa shape index (κ1) is 20.9. The van der Waals surface area contributed by atoms with E-state index in [-0.39, 0.29) is 30.9 Å². The molecule has 0 spiro atoms. The molecule has 2 heterocycles. The van der Waals surface area contributed by atoms with E-state index in [0.717, 1.165) is 16.9 Å². The Morgan fingerprint density at radius 2 is 1.58 bits per heavy atom. The number of hydrogen-bond donors (Lipinski definition) is 1. The van der Waals surface area contributed by atoms with Gasteiger partial charge in [0.25, 0.3) is 5.91 Å². The van der Waals surface area contributed by atoms with Gasteiger partial charge in [0.05, 0.1) is 30.5 Å². The third kappa shape index (κ3) is 3.98. The minimum absolute atomic E-state index is 0.0769. The zero-order valence-electron chi connectivity index (χ0n) is 18.3. The van der Waals surface area contributed by atoms with Gasteiger partial charge >= 0.3 is 0 Å². The van der Waals surface area contributed by atoms with E-state index < -0.39 is 6.10 Å². The highest BCUT2D eigenvalue weighted by molar-refractivity contribution is 5.99. The lowest BCUT2D eigenvalue weighted by atomic mass is 10.0. The fourth-order valence-corrected chi connectivity index (χ4v) is 4.41. The molecule has 5 rings (SSSR count). The Bertz CT molecular complexity index is 1170. The van der Waals surface area contributed by atoms with Crippen LogP contribution in [0.3, 0.4) is 0 Å². The largest absolute Gasteiger partial charge is 0.489 e. The van der Waals surface area contributed by atoms with Crippen LogP contribution in [0.15, 0.2) is 78.9 Å². The highest BCUT2D eigenvalue weighted by atomic mass is 16.5. The summed E-state index contributed by atoms with van der Waals surface area (Å²) in [5.41, 5.74) is 2.54. The van der Waals surface area contributed by atoms with Crippen LogP contribution in [0, 0.1) is 0 Å². The summed E-state index contributed by atoms with van der Waals surface area (Å²) in [6.07, 6.45) is -0.695. The van der Waals surface area contributed by atoms with Gasteiger partial charge in [-0.15, -0.1) is 0 Å². The third-order valence-corrected chi connectivity index (χ3v) is 6.01. The molecule has 0 aromatic heterocycles. The molecule has 7 heteroatoms. The van der Waals surface area contributed by atoms with Crippen molar-refractivity contribution in [2.45, 2.75) is 12.1 Å². The smallest absolute Gasteiger partial charge is 0.262 e. The zero-order valence-corrected chi connectivity index (χ0v) is 18.3. The summed E-state index contributed by atoms with van der Waals surface area (Å²) >= 11 is 0. The van der Waals surface area contributed by atoms with Crippen LogP contribution < -0.4 is 24.6 Å². The standard InChI is InChI=1S/C26H25N3O4/c1-27-26(31)24-15-28(19-11-5-8-14-23(19)33-24)16-25(30)29-20-12-6-7-13-22(20)32-17-21(29)18-9-3-2-4-10-18/h2-14,21,24H,15-17H2,1H3,(H,27,31)/t21-,24+/m0/s1. The Morgan fingerprint density at radius 1 is 0.909 bits per heavy atom. The van der Waals surface area contributed by atoms with Crippen LogP contribution in [0.25, 0.3) is 0 Å². The number of anilines is 2. The Morgan fingerprint density at radius 3 is 2.33 bits per heavy atom. The Hall–Kier alpha value is -4.00. The zero-order chi connectivity index (χ0) is 22.8. The lowest BCUT2D eigenvalue weighted by molar-refractivity contribution is -0.127. The Balaban J connectivity index is 1.49. The quantitative estimate of drug-likeness (QED) is 0.671. The van der Waals surface area contributed by atoms with Crippen LogP contribution in [-0.2, 0) is 9.59 Å². The van der Waals surface area contributed by atoms with Gasteiger partial charge in [-0.2, -0.15) is 0 Å². The van der Waals surface area contributed by atoms with E-state index in [4.69, 9.17) is 9.47 Å². The summed E-state index contributed by atoms with van der Waals surface area (Å²) < 4.78 is 11.9. The average molecular weight is 444 g/mol. The fourth-order valence-electron chi connectivity index (χ4n) is 4.41. The number of likely N-dealkylation sites (N-methyl/N-ethyl adjacent to an activating group) is 1. The first-order valence-electron chi connectivity index (χ1n) is 11.0. The van der Waals surface area contributed by atoms with Crippen LogP contribution in [0.1, 0.15) is 11.6 Å². The number of hydrogen-bond acceptors (Lipinski definition) is 5. The number of carbonyl (C=O) groups excluding carboxylic acids is 2. The van der Waals surface area contributed by atoms with E-state index >= 15 is 0 Å². The van der Waals surface area contributed by atoms with E-state index in [9.17, 15) is 9.59 Å². The predicted octanol–water partition coefficient (Wildman–Crippen LogP) is 3.17. The van der Waals surface area contributed by atoms with Crippen molar-refractivity contribution < 1.29 is 19.1 Å². The van der Waals surface area contributed by atoms with Gasteiger partial charge in [0.2, 0.25) is 5.91 Å². The molecule has 33 heavy (non-hydrogen) atoms. The number of benzene rings is 3. The molecular formula is C26H25N3O4. The van der Waals surface area contributed by atoms with Gasteiger partial charge in [0.15, 0.2) is 6.10 Å². The SMILES string of the molecule is CNC(=O)[C@H]1CN(CC(=O)N2c3ccccc3OC[C@H]2c2ccccc2)c2ccccc2O1. The van der Waals surface area contributed by atoms with Crippen molar-refractivity contribution in [3.63, 3.8) is 0 Å². The third-order valence-electron chi connectivity index (χ3n) is 6.01. The molecule has 3 aromatic carbocycles. The summed E-state index contributed by atoms with van der Waals surface area (Å²) in [6, 6.07) is 24.7. The summed E-state index contributed by atoms with van der Waals surface area (Å²) in [6.45, 7) is 0.753. The number of nitrogens with one attached hydrogen (secondary N) is 1. The first-order valence-corrected chi connectivity index (χ1v) is 11.0. The topological polar surface area (TPSA) is 71.1 Å². The van der Waals surface area contributed by atoms with Gasteiger partial charge in [-0.05, 0) is 29.8 Å². The van der Waals surface area contributed by atoms with Gasteiger partial charge in [0.1, 0.15) is 18.1 Å². The van der Waals surface area contributed by atoms with E-state index in [1.807, 2.05) is 88.7 Å². The summed E-state index contributed by atoms with van der Waals surface area (Å²) in [5, 5.41) is 2.64. The number of fused-ring (bicyclic) bond motifs is 2. The molecule has 3 aromatic rings. The van der Waals surface area contributed by atoms with E-state index in [0.29, 0.717) is 18.1 Å². The maximum absolute atomic E-state index is 13.9. The molecule has 0 bridgehead atoms. The number of carbonyl (C=O) groups is 2. The number of para-hydroxylation sites is 4. The maximum Gasteiger partial charge on any atom is 0.262 e. The molecule has 7 nitrogen and oxygen atoms in total. The molecule has 0 saturated carbocycles. The van der Waals surface area contributed by atoms with Crippen molar-refractivity contribution in [1.82, 2.24) is 5.32 Å². The van der Waals surface area contributed by atoms with Crippen LogP contribution in [0.4, 0.5) is 11.4 Å². The van der Waals surface area contributed by atoms with Crippen LogP contribution >= 0.6 is 0 Å². The molecule has 0 saturated heterocycles. The van der Waals surface area contributed by atoms with Crippen molar-refractivity contribution in [2.75, 3.05) is 36.5 Å². The maximum atomic E-state index is 13.9. The Kier molecular flexibility index (Phi) is 5.60. The van der Waals surface area contributed by atoms with Crippen molar-refractivity contribution in [3.05, 3.63) is 84.4 Å². The van der Waals surface area contributed by atoms with E-state index in [1.165, 1.54) is 0 Å². The molecule has 2 atom stereocenters. The van der Waals surface area contributed by atoms with Crippen molar-refractivity contribution >= 4 is 23.2 Å². The van der Waals surface area contributed by atoms with Crippen LogP contribution in [0.2, 0.25) is 0 Å². The Labute approximate surface area is 192 Å². The number of amides is 2. The molecule has 168 valence electrons. The monoisotopic (exact) mass is 443 g/mol. The van der Waals surface area contributed by atoms with Gasteiger partial charge in [0, 0.05) is 7.05 Å². The number of rotatable bonds is 4. The second kappa shape index (κ2) is 8.86. The highest BCUT2D eigenvalue weighted by Crippen LogP contribution is 2.40. The second-order valence-corrected chi connectivity index (χ2v) is 8.04. The summed E-state index contributed by atoms with van der Waals surface area (Å²) in [4.78, 5) is 29.9. The predicted molar refractivity (Wildman–Crippen MR) is 126 cm³/mol. The van der Waals surface area contributed by atoms with Crippen LogP contribution in [0.5, 0.6) is 11.5 Å².